The van der Waals surface area contributed by atoms with Crippen LogP contribution < -0.4 is 10.1 Å². The molecule has 0 aliphatic carbocycles. The highest BCUT2D eigenvalue weighted by atomic mass is 79.9. The predicted molar refractivity (Wildman–Crippen MR) is 98.6 cm³/mol. The molecular weight excluding hydrogens is 378 g/mol. The lowest BCUT2D eigenvalue weighted by Gasteiger charge is -2.14. The second-order valence-electron chi connectivity index (χ2n) is 5.76. The van der Waals surface area contributed by atoms with Gasteiger partial charge in [-0.2, -0.15) is 0 Å². The molecule has 0 heterocycles. The van der Waals surface area contributed by atoms with Crippen LogP contribution in [0.1, 0.15) is 29.8 Å². The molecule has 0 atom stereocenters. The van der Waals surface area contributed by atoms with Crippen molar-refractivity contribution in [2.75, 3.05) is 11.9 Å². The van der Waals surface area contributed by atoms with E-state index in [1.165, 1.54) is 0 Å². The summed E-state index contributed by atoms with van der Waals surface area (Å²) in [6.45, 7) is 6.60. The molecule has 23 heavy (non-hydrogen) atoms. The molecule has 0 saturated heterocycles. The quantitative estimate of drug-likeness (QED) is 0.704. The summed E-state index contributed by atoms with van der Waals surface area (Å²) in [7, 11) is 0. The largest absolute Gasteiger partial charge is 0.492 e. The van der Waals surface area contributed by atoms with E-state index in [0.717, 1.165) is 10.0 Å². The molecular formula is C18H19BrClNO2. The maximum absolute atomic E-state index is 12.6. The van der Waals surface area contributed by atoms with Gasteiger partial charge in [0, 0.05) is 15.2 Å². The van der Waals surface area contributed by atoms with Crippen LogP contribution in [-0.4, -0.2) is 12.5 Å². The summed E-state index contributed by atoms with van der Waals surface area (Å²) in [6, 6.07) is 10.8. The molecule has 0 radical (unpaired) electrons. The average Bonchev–Trinajstić information content (AvgIpc) is 2.49. The van der Waals surface area contributed by atoms with E-state index in [2.05, 4.69) is 35.1 Å². The van der Waals surface area contributed by atoms with Gasteiger partial charge >= 0.3 is 0 Å². The van der Waals surface area contributed by atoms with Gasteiger partial charge in [-0.15, -0.1) is 0 Å². The van der Waals surface area contributed by atoms with Crippen LogP contribution in [0.4, 0.5) is 5.69 Å². The van der Waals surface area contributed by atoms with E-state index in [1.54, 1.807) is 24.3 Å². The minimum absolute atomic E-state index is 0.226. The van der Waals surface area contributed by atoms with Gasteiger partial charge in [0.05, 0.1) is 12.2 Å². The Morgan fingerprint density at radius 3 is 2.70 bits per heavy atom. The van der Waals surface area contributed by atoms with E-state index in [9.17, 15) is 4.79 Å². The van der Waals surface area contributed by atoms with Crippen molar-refractivity contribution in [3.8, 4) is 5.75 Å². The maximum atomic E-state index is 12.6. The lowest BCUT2D eigenvalue weighted by Crippen LogP contribution is -2.15. The summed E-state index contributed by atoms with van der Waals surface area (Å²) in [4.78, 5) is 12.6. The molecule has 0 saturated carbocycles. The fourth-order valence-electron chi connectivity index (χ4n) is 1.98. The van der Waals surface area contributed by atoms with E-state index in [4.69, 9.17) is 16.3 Å². The number of amides is 1. The standard InChI is InChI=1S/C18H19BrClNO2/c1-11(2)10-23-17-7-5-13(19)8-15(17)18(22)21-16-9-14(20)6-4-12(16)3/h4-9,11H,10H2,1-3H3,(H,21,22). The van der Waals surface area contributed by atoms with Crippen LogP contribution in [0.3, 0.4) is 0 Å². The Morgan fingerprint density at radius 1 is 1.26 bits per heavy atom. The fourth-order valence-corrected chi connectivity index (χ4v) is 2.51. The number of hydrogen-bond acceptors (Lipinski definition) is 2. The van der Waals surface area contributed by atoms with E-state index >= 15 is 0 Å². The van der Waals surface area contributed by atoms with Gasteiger partial charge < -0.3 is 10.1 Å². The number of hydrogen-bond donors (Lipinski definition) is 1. The number of carbonyl (C=O) groups excluding carboxylic acids is 1. The molecule has 0 aliphatic heterocycles. The highest BCUT2D eigenvalue weighted by molar-refractivity contribution is 9.10. The van der Waals surface area contributed by atoms with E-state index < -0.39 is 0 Å². The SMILES string of the molecule is Cc1ccc(Cl)cc1NC(=O)c1cc(Br)ccc1OCC(C)C. The first-order valence-corrected chi connectivity index (χ1v) is 8.53. The van der Waals surface area contributed by atoms with Crippen LogP contribution >= 0.6 is 27.5 Å². The third kappa shape index (κ3) is 4.98. The molecule has 3 nitrogen and oxygen atoms in total. The molecule has 0 aromatic heterocycles. The fraction of sp³-hybridized carbons (Fsp3) is 0.278. The monoisotopic (exact) mass is 395 g/mol. The van der Waals surface area contributed by atoms with Crippen LogP contribution in [0.5, 0.6) is 5.75 Å². The number of carbonyl (C=O) groups is 1. The lowest BCUT2D eigenvalue weighted by atomic mass is 10.1. The Hall–Kier alpha value is -1.52. The van der Waals surface area contributed by atoms with Gasteiger partial charge in [-0.1, -0.05) is 47.4 Å². The molecule has 1 N–H and O–H groups in total. The molecule has 0 unspecified atom stereocenters. The van der Waals surface area contributed by atoms with Gasteiger partial charge in [-0.3, -0.25) is 4.79 Å². The Kier molecular flexibility index (Phi) is 6.08. The maximum Gasteiger partial charge on any atom is 0.259 e. The van der Waals surface area contributed by atoms with Crippen LogP contribution in [0.15, 0.2) is 40.9 Å². The predicted octanol–water partition coefficient (Wildman–Crippen LogP) is 5.70. The van der Waals surface area contributed by atoms with E-state index in [-0.39, 0.29) is 5.91 Å². The number of ether oxygens (including phenoxy) is 1. The third-order valence-corrected chi connectivity index (χ3v) is 3.93. The van der Waals surface area contributed by atoms with Crippen molar-refractivity contribution >= 4 is 39.1 Å². The average molecular weight is 397 g/mol. The molecule has 0 bridgehead atoms. The van der Waals surface area contributed by atoms with Crippen molar-refractivity contribution in [2.45, 2.75) is 20.8 Å². The molecule has 0 fully saturated rings. The molecule has 2 rings (SSSR count). The van der Waals surface area contributed by atoms with E-state index in [1.807, 2.05) is 19.1 Å². The Bertz CT molecular complexity index is 716. The van der Waals surface area contributed by atoms with Gasteiger partial charge in [-0.05, 0) is 48.7 Å². The molecule has 2 aromatic rings. The third-order valence-electron chi connectivity index (χ3n) is 3.21. The molecule has 1 amide bonds. The Balaban J connectivity index is 2.27. The van der Waals surface area contributed by atoms with Gasteiger partial charge in [0.15, 0.2) is 0 Å². The van der Waals surface area contributed by atoms with Gasteiger partial charge in [0.1, 0.15) is 5.75 Å². The van der Waals surface area contributed by atoms with Gasteiger partial charge in [0.25, 0.3) is 5.91 Å². The molecule has 0 aliphatic rings. The first-order valence-electron chi connectivity index (χ1n) is 7.36. The van der Waals surface area contributed by atoms with Crippen LogP contribution in [0.2, 0.25) is 5.02 Å². The topological polar surface area (TPSA) is 38.3 Å². The van der Waals surface area contributed by atoms with Gasteiger partial charge in [-0.25, -0.2) is 0 Å². The highest BCUT2D eigenvalue weighted by Crippen LogP contribution is 2.26. The van der Waals surface area contributed by atoms with Crippen molar-refractivity contribution in [1.82, 2.24) is 0 Å². The summed E-state index contributed by atoms with van der Waals surface area (Å²) in [5.74, 6) is 0.722. The number of benzene rings is 2. The number of nitrogens with one attached hydrogen (secondary N) is 1. The number of halogens is 2. The zero-order valence-corrected chi connectivity index (χ0v) is 15.7. The second kappa shape index (κ2) is 7.84. The van der Waals surface area contributed by atoms with Crippen molar-refractivity contribution in [3.05, 3.63) is 57.0 Å². The summed E-state index contributed by atoms with van der Waals surface area (Å²) in [6.07, 6.45) is 0. The van der Waals surface area contributed by atoms with Crippen molar-refractivity contribution in [1.29, 1.82) is 0 Å². The van der Waals surface area contributed by atoms with Crippen LogP contribution in [0.25, 0.3) is 0 Å². The first kappa shape index (κ1) is 17.8. The zero-order chi connectivity index (χ0) is 17.0. The Labute approximate surface area is 150 Å². The lowest BCUT2D eigenvalue weighted by molar-refractivity contribution is 0.102. The van der Waals surface area contributed by atoms with E-state index in [0.29, 0.717) is 34.5 Å². The second-order valence-corrected chi connectivity index (χ2v) is 7.11. The highest BCUT2D eigenvalue weighted by Gasteiger charge is 2.15. The molecule has 122 valence electrons. The molecule has 5 heteroatoms. The number of rotatable bonds is 5. The molecule has 0 spiro atoms. The van der Waals surface area contributed by atoms with Crippen molar-refractivity contribution in [2.24, 2.45) is 5.92 Å². The zero-order valence-electron chi connectivity index (χ0n) is 13.3. The van der Waals surface area contributed by atoms with Crippen molar-refractivity contribution < 1.29 is 9.53 Å². The molecule has 2 aromatic carbocycles. The smallest absolute Gasteiger partial charge is 0.259 e. The summed E-state index contributed by atoms with van der Waals surface area (Å²) >= 11 is 9.40. The minimum atomic E-state index is -0.226. The number of anilines is 1. The van der Waals surface area contributed by atoms with Crippen molar-refractivity contribution in [3.63, 3.8) is 0 Å². The summed E-state index contributed by atoms with van der Waals surface area (Å²) in [5, 5.41) is 3.48. The summed E-state index contributed by atoms with van der Waals surface area (Å²) in [5.41, 5.74) is 2.12. The summed E-state index contributed by atoms with van der Waals surface area (Å²) < 4.78 is 6.58. The first-order chi connectivity index (χ1) is 10.9. The number of aryl methyl sites for hydroxylation is 1. The van der Waals surface area contributed by atoms with Crippen LogP contribution in [-0.2, 0) is 0 Å². The minimum Gasteiger partial charge on any atom is -0.492 e. The van der Waals surface area contributed by atoms with Gasteiger partial charge in [0.2, 0.25) is 0 Å². The normalized spacial score (nSPS) is 10.7. The Morgan fingerprint density at radius 2 is 2.00 bits per heavy atom. The van der Waals surface area contributed by atoms with Crippen LogP contribution in [0, 0.1) is 12.8 Å².